The molecule has 1 rings (SSSR count). The molecule has 0 aromatic rings. The Morgan fingerprint density at radius 2 is 2.26 bits per heavy atom. The molecule has 1 aliphatic rings. The number of rotatable bonds is 2. The second kappa shape index (κ2) is 5.75. The van der Waals surface area contributed by atoms with Gasteiger partial charge >= 0.3 is 6.09 Å². The Morgan fingerprint density at radius 1 is 1.63 bits per heavy atom. The molecule has 0 aromatic carbocycles. The average Bonchev–Trinajstić information content (AvgIpc) is 2.29. The van der Waals surface area contributed by atoms with E-state index < -0.39 is 23.3 Å². The summed E-state index contributed by atoms with van der Waals surface area (Å²) in [5, 5.41) is 11.6. The largest absolute Gasteiger partial charge is 0.444 e. The second-order valence-electron chi connectivity index (χ2n) is 5.98. The third-order valence-electron chi connectivity index (χ3n) is 3.48. The molecule has 2 atom stereocenters. The summed E-state index contributed by atoms with van der Waals surface area (Å²) in [6.07, 6.45) is 0.453. The van der Waals surface area contributed by atoms with Gasteiger partial charge in [0.25, 0.3) is 0 Å². The van der Waals surface area contributed by atoms with Gasteiger partial charge in [-0.05, 0) is 33.6 Å². The van der Waals surface area contributed by atoms with Crippen LogP contribution in [0.5, 0.6) is 0 Å². The van der Waals surface area contributed by atoms with Gasteiger partial charge in [-0.15, -0.1) is 5.16 Å². The molecule has 0 bridgehead atoms. The number of likely N-dealkylation sites (tertiary alicyclic amines) is 1. The first-order chi connectivity index (χ1) is 8.74. The SMILES string of the molecule is CCC1(C=NO)CCN(C(=O)OC(C)(C)C)CC1F. The summed E-state index contributed by atoms with van der Waals surface area (Å²) in [6.45, 7) is 7.53. The van der Waals surface area contributed by atoms with Crippen molar-refractivity contribution >= 4 is 12.3 Å². The molecule has 2 unspecified atom stereocenters. The van der Waals surface area contributed by atoms with Crippen molar-refractivity contribution in [3.05, 3.63) is 0 Å². The summed E-state index contributed by atoms with van der Waals surface area (Å²) in [4.78, 5) is 13.2. The number of carbonyl (C=O) groups excluding carboxylic acids is 1. The summed E-state index contributed by atoms with van der Waals surface area (Å²) < 4.78 is 19.5. The van der Waals surface area contributed by atoms with E-state index in [0.717, 1.165) is 0 Å². The minimum absolute atomic E-state index is 0.0330. The van der Waals surface area contributed by atoms with Crippen LogP contribution < -0.4 is 0 Å². The summed E-state index contributed by atoms with van der Waals surface area (Å²) in [7, 11) is 0. The van der Waals surface area contributed by atoms with Crippen LogP contribution in [0.2, 0.25) is 0 Å². The molecular weight excluding hydrogens is 251 g/mol. The van der Waals surface area contributed by atoms with Gasteiger partial charge in [0.2, 0.25) is 0 Å². The van der Waals surface area contributed by atoms with Crippen molar-refractivity contribution in [3.63, 3.8) is 0 Å². The molecule has 1 N–H and O–H groups in total. The maximum atomic E-state index is 14.3. The van der Waals surface area contributed by atoms with E-state index in [0.29, 0.717) is 19.4 Å². The monoisotopic (exact) mass is 274 g/mol. The maximum absolute atomic E-state index is 14.3. The molecule has 1 heterocycles. The van der Waals surface area contributed by atoms with Gasteiger partial charge in [-0.1, -0.05) is 6.92 Å². The lowest BCUT2D eigenvalue weighted by atomic mass is 9.76. The van der Waals surface area contributed by atoms with Crippen LogP contribution in [-0.2, 0) is 4.74 Å². The van der Waals surface area contributed by atoms with Crippen molar-refractivity contribution in [2.75, 3.05) is 13.1 Å². The van der Waals surface area contributed by atoms with Crippen LogP contribution in [0.4, 0.5) is 9.18 Å². The van der Waals surface area contributed by atoms with Crippen molar-refractivity contribution in [2.45, 2.75) is 52.3 Å². The van der Waals surface area contributed by atoms with Crippen LogP contribution in [0.25, 0.3) is 0 Å². The molecule has 0 spiro atoms. The van der Waals surface area contributed by atoms with Gasteiger partial charge in [-0.25, -0.2) is 9.18 Å². The van der Waals surface area contributed by atoms with Crippen LogP contribution in [0, 0.1) is 5.41 Å². The first-order valence-electron chi connectivity index (χ1n) is 6.54. The van der Waals surface area contributed by atoms with E-state index in [-0.39, 0.29) is 6.54 Å². The number of hydrogen-bond donors (Lipinski definition) is 1. The Morgan fingerprint density at radius 3 is 2.68 bits per heavy atom. The van der Waals surface area contributed by atoms with Gasteiger partial charge < -0.3 is 14.8 Å². The van der Waals surface area contributed by atoms with Gasteiger partial charge in [-0.2, -0.15) is 0 Å². The first kappa shape index (κ1) is 15.7. The summed E-state index contributed by atoms with van der Waals surface area (Å²) >= 11 is 0. The van der Waals surface area contributed by atoms with Gasteiger partial charge in [0.1, 0.15) is 11.8 Å². The normalized spacial score (nSPS) is 28.7. The van der Waals surface area contributed by atoms with E-state index >= 15 is 0 Å². The lowest BCUT2D eigenvalue weighted by Gasteiger charge is -2.41. The third-order valence-corrected chi connectivity index (χ3v) is 3.48. The average molecular weight is 274 g/mol. The fourth-order valence-corrected chi connectivity index (χ4v) is 2.21. The Bertz CT molecular complexity index is 354. The molecule has 110 valence electrons. The summed E-state index contributed by atoms with van der Waals surface area (Å²) in [6, 6.07) is 0. The standard InChI is InChI=1S/C13H23FN2O3/c1-5-13(9-15-18)6-7-16(8-10(13)14)11(17)19-12(2,3)4/h9-10,18H,5-8H2,1-4H3. The topological polar surface area (TPSA) is 62.1 Å². The van der Waals surface area contributed by atoms with Crippen LogP contribution >= 0.6 is 0 Å². The smallest absolute Gasteiger partial charge is 0.410 e. The predicted molar refractivity (Wildman–Crippen MR) is 70.3 cm³/mol. The first-order valence-corrected chi connectivity index (χ1v) is 6.54. The molecule has 0 aromatic heterocycles. The molecule has 1 aliphatic heterocycles. The van der Waals surface area contributed by atoms with Crippen molar-refractivity contribution in [1.29, 1.82) is 0 Å². The molecule has 1 fully saturated rings. The number of oxime groups is 1. The molecule has 1 amide bonds. The minimum atomic E-state index is -1.25. The number of piperidine rings is 1. The number of ether oxygens (including phenoxy) is 1. The zero-order chi connectivity index (χ0) is 14.7. The van der Waals surface area contributed by atoms with E-state index in [4.69, 9.17) is 9.94 Å². The lowest BCUT2D eigenvalue weighted by molar-refractivity contribution is -0.00306. The fraction of sp³-hybridized carbons (Fsp3) is 0.846. The van der Waals surface area contributed by atoms with Crippen LogP contribution in [0.1, 0.15) is 40.5 Å². The zero-order valence-corrected chi connectivity index (χ0v) is 12.0. The molecule has 1 saturated heterocycles. The number of carbonyl (C=O) groups is 1. The third kappa shape index (κ3) is 3.81. The zero-order valence-electron chi connectivity index (χ0n) is 12.0. The van der Waals surface area contributed by atoms with Gasteiger partial charge in [0, 0.05) is 12.0 Å². The second-order valence-corrected chi connectivity index (χ2v) is 5.98. The number of halogens is 1. The molecule has 19 heavy (non-hydrogen) atoms. The van der Waals surface area contributed by atoms with E-state index in [2.05, 4.69) is 5.16 Å². The molecule has 0 saturated carbocycles. The molecule has 0 aliphatic carbocycles. The number of alkyl halides is 1. The molecule has 5 nitrogen and oxygen atoms in total. The van der Waals surface area contributed by atoms with Crippen molar-refractivity contribution in [3.8, 4) is 0 Å². The number of amides is 1. The van der Waals surface area contributed by atoms with Crippen molar-refractivity contribution < 1.29 is 19.1 Å². The van der Waals surface area contributed by atoms with E-state index in [1.165, 1.54) is 11.1 Å². The molecular formula is C13H23FN2O3. The Hall–Kier alpha value is -1.33. The van der Waals surface area contributed by atoms with Gasteiger partial charge in [0.05, 0.1) is 12.8 Å². The highest BCUT2D eigenvalue weighted by Crippen LogP contribution is 2.35. The minimum Gasteiger partial charge on any atom is -0.444 e. The summed E-state index contributed by atoms with van der Waals surface area (Å²) in [5.74, 6) is 0. The Labute approximate surface area is 113 Å². The Kier molecular flexibility index (Phi) is 4.76. The van der Waals surface area contributed by atoms with Crippen LogP contribution in [0.15, 0.2) is 5.16 Å². The van der Waals surface area contributed by atoms with Crippen molar-refractivity contribution in [1.82, 2.24) is 4.90 Å². The predicted octanol–water partition coefficient (Wildman–Crippen LogP) is 2.82. The maximum Gasteiger partial charge on any atom is 0.410 e. The Balaban J connectivity index is 2.70. The van der Waals surface area contributed by atoms with Gasteiger partial charge in [-0.3, -0.25) is 0 Å². The quantitative estimate of drug-likeness (QED) is 0.478. The van der Waals surface area contributed by atoms with E-state index in [9.17, 15) is 9.18 Å². The van der Waals surface area contributed by atoms with Crippen molar-refractivity contribution in [2.24, 2.45) is 10.6 Å². The fourth-order valence-electron chi connectivity index (χ4n) is 2.21. The molecule has 0 radical (unpaired) electrons. The van der Waals surface area contributed by atoms with Crippen LogP contribution in [-0.4, -0.2) is 47.3 Å². The van der Waals surface area contributed by atoms with Crippen LogP contribution in [0.3, 0.4) is 0 Å². The molecule has 6 heteroatoms. The van der Waals surface area contributed by atoms with E-state index in [1.54, 1.807) is 20.8 Å². The van der Waals surface area contributed by atoms with E-state index in [1.807, 2.05) is 6.92 Å². The number of nitrogens with zero attached hydrogens (tertiary/aromatic N) is 2. The lowest BCUT2D eigenvalue weighted by Crippen LogP contribution is -2.52. The highest BCUT2D eigenvalue weighted by Gasteiger charge is 2.43. The van der Waals surface area contributed by atoms with Gasteiger partial charge in [0.15, 0.2) is 0 Å². The summed E-state index contributed by atoms with van der Waals surface area (Å²) in [5.41, 5.74) is -1.37. The number of hydrogen-bond acceptors (Lipinski definition) is 4. The highest BCUT2D eigenvalue weighted by molar-refractivity contribution is 5.70. The highest BCUT2D eigenvalue weighted by atomic mass is 19.1.